The highest BCUT2D eigenvalue weighted by atomic mass is 32.1. The molecule has 0 saturated carbocycles. The van der Waals surface area contributed by atoms with Crippen molar-refractivity contribution in [3.63, 3.8) is 0 Å². The quantitative estimate of drug-likeness (QED) is 0.602. The molecule has 86 valence electrons. The van der Waals surface area contributed by atoms with Gasteiger partial charge < -0.3 is 9.30 Å². The van der Waals surface area contributed by atoms with Crippen LogP contribution in [0.25, 0.3) is 0 Å². The van der Waals surface area contributed by atoms with Crippen molar-refractivity contribution >= 4 is 12.2 Å². The Balaban J connectivity index is 2.66. The first kappa shape index (κ1) is 12.4. The summed E-state index contributed by atoms with van der Waals surface area (Å²) in [6.07, 6.45) is 1.02. The van der Waals surface area contributed by atoms with E-state index in [2.05, 4.69) is 31.0 Å². The van der Waals surface area contributed by atoms with Crippen LogP contribution in [0.1, 0.15) is 33.0 Å². The first-order valence-electron chi connectivity index (χ1n) is 5.37. The smallest absolute Gasteiger partial charge is 0.195 e. The lowest BCUT2D eigenvalue weighted by Gasteiger charge is -2.09. The topological polar surface area (TPSA) is 42.8 Å². The predicted octanol–water partition coefficient (Wildman–Crippen LogP) is 2.52. The van der Waals surface area contributed by atoms with Crippen molar-refractivity contribution in [1.29, 1.82) is 0 Å². The Labute approximate surface area is 95.7 Å². The van der Waals surface area contributed by atoms with E-state index in [4.69, 9.17) is 17.0 Å². The van der Waals surface area contributed by atoms with E-state index in [0.29, 0.717) is 17.3 Å². The molecule has 1 heterocycles. The van der Waals surface area contributed by atoms with Gasteiger partial charge in [-0.1, -0.05) is 20.8 Å². The van der Waals surface area contributed by atoms with Gasteiger partial charge in [-0.3, -0.25) is 5.10 Å². The molecule has 1 aromatic rings. The molecule has 0 atom stereocenters. The molecule has 0 saturated heterocycles. The van der Waals surface area contributed by atoms with E-state index in [9.17, 15) is 0 Å². The van der Waals surface area contributed by atoms with Crippen LogP contribution in [0.5, 0.6) is 0 Å². The molecule has 0 bridgehead atoms. The fraction of sp³-hybridized carbons (Fsp3) is 0.800. The monoisotopic (exact) mass is 229 g/mol. The molecular formula is C10H19N3OS. The molecule has 0 aromatic carbocycles. The minimum atomic E-state index is 0.535. The number of H-pyrrole nitrogens is 1. The van der Waals surface area contributed by atoms with Crippen molar-refractivity contribution in [2.45, 2.75) is 40.3 Å². The van der Waals surface area contributed by atoms with Gasteiger partial charge >= 0.3 is 0 Å². The second-order valence-electron chi connectivity index (χ2n) is 4.00. The molecule has 0 aliphatic heterocycles. The van der Waals surface area contributed by atoms with Crippen LogP contribution >= 0.6 is 12.2 Å². The molecule has 15 heavy (non-hydrogen) atoms. The van der Waals surface area contributed by atoms with Gasteiger partial charge in [-0.15, -0.1) is 0 Å². The van der Waals surface area contributed by atoms with Gasteiger partial charge in [0.05, 0.1) is 0 Å². The van der Waals surface area contributed by atoms with Crippen LogP contribution in [-0.2, 0) is 17.9 Å². The van der Waals surface area contributed by atoms with Crippen molar-refractivity contribution < 1.29 is 4.74 Å². The number of aromatic nitrogens is 3. The third-order valence-electron chi connectivity index (χ3n) is 1.96. The van der Waals surface area contributed by atoms with Crippen LogP contribution in [0.4, 0.5) is 0 Å². The Hall–Kier alpha value is -0.680. The lowest BCUT2D eigenvalue weighted by Crippen LogP contribution is -2.10. The second kappa shape index (κ2) is 6.02. The molecule has 1 N–H and O–H groups in total. The SMILES string of the molecule is CCCOCc1n[nH]c(=S)n1CC(C)C. The normalized spacial score (nSPS) is 11.2. The zero-order valence-corrected chi connectivity index (χ0v) is 10.4. The molecule has 0 radical (unpaired) electrons. The van der Waals surface area contributed by atoms with Gasteiger partial charge in [0.25, 0.3) is 0 Å². The van der Waals surface area contributed by atoms with E-state index in [-0.39, 0.29) is 0 Å². The number of rotatable bonds is 6. The molecule has 0 aliphatic carbocycles. The number of ether oxygens (including phenoxy) is 1. The van der Waals surface area contributed by atoms with Gasteiger partial charge in [0.1, 0.15) is 6.61 Å². The number of nitrogens with one attached hydrogen (secondary N) is 1. The highest BCUT2D eigenvalue weighted by Gasteiger charge is 2.07. The Bertz CT molecular complexity index is 343. The van der Waals surface area contributed by atoms with Gasteiger partial charge in [0, 0.05) is 13.2 Å². The molecule has 5 heteroatoms. The third-order valence-corrected chi connectivity index (χ3v) is 2.28. The Kier molecular flexibility index (Phi) is 4.98. The summed E-state index contributed by atoms with van der Waals surface area (Å²) in [7, 11) is 0. The van der Waals surface area contributed by atoms with Crippen LogP contribution in [-0.4, -0.2) is 21.4 Å². The summed E-state index contributed by atoms with van der Waals surface area (Å²) < 4.78 is 8.14. The lowest BCUT2D eigenvalue weighted by atomic mass is 10.2. The summed E-state index contributed by atoms with van der Waals surface area (Å²) in [5, 5.41) is 6.97. The van der Waals surface area contributed by atoms with Crippen LogP contribution < -0.4 is 0 Å². The third kappa shape index (κ3) is 3.76. The minimum absolute atomic E-state index is 0.535. The van der Waals surface area contributed by atoms with Crippen LogP contribution in [0.15, 0.2) is 0 Å². The average molecular weight is 229 g/mol. The fourth-order valence-corrected chi connectivity index (χ4v) is 1.55. The van der Waals surface area contributed by atoms with E-state index >= 15 is 0 Å². The van der Waals surface area contributed by atoms with Gasteiger partial charge in [0.15, 0.2) is 10.6 Å². The molecule has 0 fully saturated rings. The first-order chi connectivity index (χ1) is 7.15. The Morgan fingerprint density at radius 3 is 2.87 bits per heavy atom. The average Bonchev–Trinajstić information content (AvgIpc) is 2.49. The lowest BCUT2D eigenvalue weighted by molar-refractivity contribution is 0.113. The van der Waals surface area contributed by atoms with Crippen molar-refractivity contribution in [3.05, 3.63) is 10.6 Å². The second-order valence-corrected chi connectivity index (χ2v) is 4.39. The summed E-state index contributed by atoms with van der Waals surface area (Å²) in [5.41, 5.74) is 0. The van der Waals surface area contributed by atoms with Gasteiger partial charge in [-0.05, 0) is 24.6 Å². The predicted molar refractivity (Wildman–Crippen MR) is 62.2 cm³/mol. The van der Waals surface area contributed by atoms with Crippen molar-refractivity contribution in [2.24, 2.45) is 5.92 Å². The Morgan fingerprint density at radius 2 is 2.27 bits per heavy atom. The molecule has 1 aromatic heterocycles. The van der Waals surface area contributed by atoms with Gasteiger partial charge in [-0.2, -0.15) is 5.10 Å². The van der Waals surface area contributed by atoms with E-state index in [1.54, 1.807) is 0 Å². The number of hydrogen-bond donors (Lipinski definition) is 1. The first-order valence-corrected chi connectivity index (χ1v) is 5.77. The van der Waals surface area contributed by atoms with Crippen LogP contribution in [0, 0.1) is 10.7 Å². The highest BCUT2D eigenvalue weighted by Crippen LogP contribution is 2.05. The van der Waals surface area contributed by atoms with Crippen molar-refractivity contribution in [2.75, 3.05) is 6.61 Å². The van der Waals surface area contributed by atoms with Gasteiger partial charge in [-0.25, -0.2) is 0 Å². The maximum absolute atomic E-state index is 5.45. The summed E-state index contributed by atoms with van der Waals surface area (Å²) in [6, 6.07) is 0. The van der Waals surface area contributed by atoms with Crippen molar-refractivity contribution in [3.8, 4) is 0 Å². The molecule has 0 amide bonds. The number of aromatic amines is 1. The number of hydrogen-bond acceptors (Lipinski definition) is 3. The summed E-state index contributed by atoms with van der Waals surface area (Å²) in [6.45, 7) is 8.59. The largest absolute Gasteiger partial charge is 0.373 e. The molecular weight excluding hydrogens is 210 g/mol. The molecule has 0 unspecified atom stereocenters. The minimum Gasteiger partial charge on any atom is -0.373 e. The fourth-order valence-electron chi connectivity index (χ4n) is 1.32. The van der Waals surface area contributed by atoms with E-state index in [1.165, 1.54) is 0 Å². The van der Waals surface area contributed by atoms with Crippen LogP contribution in [0.3, 0.4) is 0 Å². The molecule has 0 spiro atoms. The van der Waals surface area contributed by atoms with Crippen molar-refractivity contribution in [1.82, 2.24) is 14.8 Å². The van der Waals surface area contributed by atoms with Gasteiger partial charge in [0.2, 0.25) is 0 Å². The summed E-state index contributed by atoms with van der Waals surface area (Å²) in [5.74, 6) is 1.45. The molecule has 1 rings (SSSR count). The molecule has 4 nitrogen and oxygen atoms in total. The van der Waals surface area contributed by atoms with Crippen LogP contribution in [0.2, 0.25) is 0 Å². The van der Waals surface area contributed by atoms with E-state index < -0.39 is 0 Å². The number of nitrogens with zero attached hydrogens (tertiary/aromatic N) is 2. The standard InChI is InChI=1S/C10H19N3OS/c1-4-5-14-7-9-11-12-10(15)13(9)6-8(2)3/h8H,4-7H2,1-3H3,(H,12,15). The highest BCUT2D eigenvalue weighted by molar-refractivity contribution is 7.71. The maximum Gasteiger partial charge on any atom is 0.195 e. The van der Waals surface area contributed by atoms with E-state index in [1.807, 2.05) is 4.57 Å². The molecule has 0 aliphatic rings. The Morgan fingerprint density at radius 1 is 1.53 bits per heavy atom. The zero-order valence-electron chi connectivity index (χ0n) is 9.62. The maximum atomic E-state index is 5.45. The zero-order chi connectivity index (χ0) is 11.3. The summed E-state index contributed by atoms with van der Waals surface area (Å²) in [4.78, 5) is 0. The van der Waals surface area contributed by atoms with E-state index in [0.717, 1.165) is 25.4 Å². The summed E-state index contributed by atoms with van der Waals surface area (Å²) >= 11 is 5.16.